The van der Waals surface area contributed by atoms with Gasteiger partial charge >= 0.3 is 0 Å². The van der Waals surface area contributed by atoms with E-state index in [1.807, 2.05) is 11.0 Å². The molecule has 1 atom stereocenters. The highest BCUT2D eigenvalue weighted by Crippen LogP contribution is 2.18. The van der Waals surface area contributed by atoms with Gasteiger partial charge in [-0.1, -0.05) is 19.9 Å². The van der Waals surface area contributed by atoms with Crippen molar-refractivity contribution >= 4 is 5.91 Å². The van der Waals surface area contributed by atoms with E-state index in [0.29, 0.717) is 24.2 Å². The Morgan fingerprint density at radius 2 is 2.36 bits per heavy atom. The Labute approximate surface area is 87.0 Å². The molecule has 0 bridgehead atoms. The van der Waals surface area contributed by atoms with Crippen LogP contribution in [0.25, 0.3) is 0 Å². The molecule has 1 fully saturated rings. The third kappa shape index (κ3) is 3.17. The van der Waals surface area contributed by atoms with Crippen LogP contribution in [-0.4, -0.2) is 23.9 Å². The molecule has 0 aromatic rings. The summed E-state index contributed by atoms with van der Waals surface area (Å²) in [5.74, 6) is 1.29. The van der Waals surface area contributed by atoms with Gasteiger partial charge in [-0.2, -0.15) is 0 Å². The van der Waals surface area contributed by atoms with Crippen LogP contribution in [0.15, 0.2) is 12.7 Å². The second-order valence-corrected chi connectivity index (χ2v) is 4.58. The summed E-state index contributed by atoms with van der Waals surface area (Å²) >= 11 is 0. The number of hydrogen-bond donors (Lipinski definition) is 0. The molecule has 14 heavy (non-hydrogen) atoms. The lowest BCUT2D eigenvalue weighted by Crippen LogP contribution is -2.39. The van der Waals surface area contributed by atoms with E-state index in [2.05, 4.69) is 20.4 Å². The van der Waals surface area contributed by atoms with Gasteiger partial charge in [-0.05, 0) is 24.7 Å². The monoisotopic (exact) mass is 195 g/mol. The fourth-order valence-electron chi connectivity index (χ4n) is 1.91. The van der Waals surface area contributed by atoms with Gasteiger partial charge in [0.25, 0.3) is 0 Å². The van der Waals surface area contributed by atoms with Crippen molar-refractivity contribution in [2.24, 2.45) is 11.8 Å². The first-order chi connectivity index (χ1) is 6.63. The molecule has 80 valence electrons. The van der Waals surface area contributed by atoms with Gasteiger partial charge in [0.15, 0.2) is 0 Å². The molecule has 1 saturated heterocycles. The average Bonchev–Trinajstić information content (AvgIpc) is 2.17. The first kappa shape index (κ1) is 11.3. The van der Waals surface area contributed by atoms with Crippen molar-refractivity contribution in [3.05, 3.63) is 12.7 Å². The molecule has 0 N–H and O–H groups in total. The molecule has 1 heterocycles. The standard InChI is InChI=1S/C12H21NO/c1-4-11-6-5-7-13(9-11)12(14)8-10(2)3/h4,10-11H,1,5-9H2,2-3H3. The van der Waals surface area contributed by atoms with Gasteiger partial charge in [0.2, 0.25) is 5.91 Å². The highest BCUT2D eigenvalue weighted by molar-refractivity contribution is 5.76. The molecule has 0 saturated carbocycles. The molecule has 0 aliphatic carbocycles. The van der Waals surface area contributed by atoms with Crippen molar-refractivity contribution in [1.82, 2.24) is 4.90 Å². The molecule has 1 amide bonds. The van der Waals surface area contributed by atoms with E-state index in [9.17, 15) is 4.79 Å². The largest absolute Gasteiger partial charge is 0.342 e. The summed E-state index contributed by atoms with van der Waals surface area (Å²) in [5, 5.41) is 0. The number of carbonyl (C=O) groups excluding carboxylic acids is 1. The minimum absolute atomic E-state index is 0.312. The van der Waals surface area contributed by atoms with E-state index < -0.39 is 0 Å². The summed E-state index contributed by atoms with van der Waals surface area (Å²) in [6, 6.07) is 0. The summed E-state index contributed by atoms with van der Waals surface area (Å²) in [5.41, 5.74) is 0. The van der Waals surface area contributed by atoms with Crippen molar-refractivity contribution in [3.63, 3.8) is 0 Å². The zero-order valence-corrected chi connectivity index (χ0v) is 9.33. The maximum atomic E-state index is 11.8. The third-order valence-corrected chi connectivity index (χ3v) is 2.73. The van der Waals surface area contributed by atoms with Gasteiger partial charge in [-0.15, -0.1) is 6.58 Å². The highest BCUT2D eigenvalue weighted by Gasteiger charge is 2.21. The van der Waals surface area contributed by atoms with Gasteiger partial charge < -0.3 is 4.90 Å². The normalized spacial score (nSPS) is 22.5. The van der Waals surface area contributed by atoms with E-state index in [0.717, 1.165) is 19.5 Å². The second-order valence-electron chi connectivity index (χ2n) is 4.58. The Hall–Kier alpha value is -0.790. The molecule has 1 rings (SSSR count). The van der Waals surface area contributed by atoms with Crippen LogP contribution in [0.2, 0.25) is 0 Å². The topological polar surface area (TPSA) is 20.3 Å². The van der Waals surface area contributed by atoms with E-state index in [1.165, 1.54) is 6.42 Å². The zero-order chi connectivity index (χ0) is 10.6. The predicted octanol–water partition coefficient (Wildman–Crippen LogP) is 2.46. The summed E-state index contributed by atoms with van der Waals surface area (Å²) < 4.78 is 0. The molecule has 2 heteroatoms. The van der Waals surface area contributed by atoms with Gasteiger partial charge in [0.05, 0.1) is 0 Å². The Kier molecular flexibility index (Phi) is 4.18. The number of likely N-dealkylation sites (tertiary alicyclic amines) is 1. The number of hydrogen-bond acceptors (Lipinski definition) is 1. The average molecular weight is 195 g/mol. The number of piperidine rings is 1. The first-order valence-electron chi connectivity index (χ1n) is 5.53. The number of nitrogens with zero attached hydrogens (tertiary/aromatic N) is 1. The maximum Gasteiger partial charge on any atom is 0.222 e. The Bertz CT molecular complexity index is 210. The minimum Gasteiger partial charge on any atom is -0.342 e. The highest BCUT2D eigenvalue weighted by atomic mass is 16.2. The smallest absolute Gasteiger partial charge is 0.222 e. The fourth-order valence-corrected chi connectivity index (χ4v) is 1.91. The summed E-state index contributed by atoms with van der Waals surface area (Å²) in [4.78, 5) is 13.8. The molecule has 0 radical (unpaired) electrons. The molecule has 0 aromatic heterocycles. The lowest BCUT2D eigenvalue weighted by molar-refractivity contribution is -0.133. The quantitative estimate of drug-likeness (QED) is 0.633. The van der Waals surface area contributed by atoms with Crippen molar-refractivity contribution in [2.45, 2.75) is 33.1 Å². The maximum absolute atomic E-state index is 11.8. The van der Waals surface area contributed by atoms with Gasteiger partial charge in [0.1, 0.15) is 0 Å². The third-order valence-electron chi connectivity index (χ3n) is 2.73. The predicted molar refractivity (Wildman–Crippen MR) is 59.0 cm³/mol. The summed E-state index contributed by atoms with van der Waals surface area (Å²) in [6.45, 7) is 9.81. The minimum atomic E-state index is 0.312. The Morgan fingerprint density at radius 3 is 2.93 bits per heavy atom. The second kappa shape index (κ2) is 5.18. The summed E-state index contributed by atoms with van der Waals surface area (Å²) in [7, 11) is 0. The van der Waals surface area contributed by atoms with Crippen LogP contribution in [0.1, 0.15) is 33.1 Å². The van der Waals surface area contributed by atoms with Crippen LogP contribution < -0.4 is 0 Å². The van der Waals surface area contributed by atoms with Gasteiger partial charge in [0, 0.05) is 19.5 Å². The zero-order valence-electron chi connectivity index (χ0n) is 9.33. The van der Waals surface area contributed by atoms with Crippen molar-refractivity contribution in [1.29, 1.82) is 0 Å². The number of amides is 1. The SMILES string of the molecule is C=CC1CCCN(C(=O)CC(C)C)C1. The fraction of sp³-hybridized carbons (Fsp3) is 0.750. The van der Waals surface area contributed by atoms with Gasteiger partial charge in [-0.25, -0.2) is 0 Å². The molecule has 1 unspecified atom stereocenters. The molecule has 2 nitrogen and oxygen atoms in total. The molecule has 0 aromatic carbocycles. The lowest BCUT2D eigenvalue weighted by Gasteiger charge is -2.31. The van der Waals surface area contributed by atoms with E-state index in [-0.39, 0.29) is 0 Å². The van der Waals surface area contributed by atoms with Crippen molar-refractivity contribution in [3.8, 4) is 0 Å². The molecule has 1 aliphatic rings. The Morgan fingerprint density at radius 1 is 1.64 bits per heavy atom. The van der Waals surface area contributed by atoms with Crippen LogP contribution in [-0.2, 0) is 4.79 Å². The molecule has 0 spiro atoms. The van der Waals surface area contributed by atoms with E-state index in [4.69, 9.17) is 0 Å². The summed E-state index contributed by atoms with van der Waals surface area (Å²) in [6.07, 6.45) is 4.98. The lowest BCUT2D eigenvalue weighted by atomic mass is 9.97. The van der Waals surface area contributed by atoms with Crippen LogP contribution >= 0.6 is 0 Å². The van der Waals surface area contributed by atoms with Crippen LogP contribution in [0.3, 0.4) is 0 Å². The van der Waals surface area contributed by atoms with Crippen LogP contribution in [0.5, 0.6) is 0 Å². The molecular formula is C12H21NO. The van der Waals surface area contributed by atoms with Crippen LogP contribution in [0, 0.1) is 11.8 Å². The number of rotatable bonds is 3. The van der Waals surface area contributed by atoms with Gasteiger partial charge in [-0.3, -0.25) is 4.79 Å². The van der Waals surface area contributed by atoms with E-state index >= 15 is 0 Å². The van der Waals surface area contributed by atoms with Crippen molar-refractivity contribution in [2.75, 3.05) is 13.1 Å². The number of carbonyl (C=O) groups is 1. The molecular weight excluding hydrogens is 174 g/mol. The van der Waals surface area contributed by atoms with E-state index in [1.54, 1.807) is 0 Å². The van der Waals surface area contributed by atoms with Crippen LogP contribution in [0.4, 0.5) is 0 Å². The molecule has 1 aliphatic heterocycles. The first-order valence-corrected chi connectivity index (χ1v) is 5.53. The Balaban J connectivity index is 2.43. The van der Waals surface area contributed by atoms with Crippen molar-refractivity contribution < 1.29 is 4.79 Å².